The fraction of sp³-hybridized carbons (Fsp3) is 1.00. The van der Waals surface area contributed by atoms with Crippen LogP contribution in [0.4, 0.5) is 0 Å². The first-order chi connectivity index (χ1) is 10.1. The number of rotatable bonds is 10. The van der Waals surface area contributed by atoms with Crippen LogP contribution in [0.3, 0.4) is 0 Å². The van der Waals surface area contributed by atoms with Crippen LogP contribution in [-0.2, 0) is 13.6 Å². The maximum Gasteiger partial charge on any atom is 0.370 e. The minimum atomic E-state index is -2.28. The van der Waals surface area contributed by atoms with E-state index in [9.17, 15) is 0 Å². The highest BCUT2D eigenvalue weighted by Gasteiger charge is 2.59. The van der Waals surface area contributed by atoms with Gasteiger partial charge in [0.25, 0.3) is 0 Å². The Morgan fingerprint density at radius 3 is 2.48 bits per heavy atom. The van der Waals surface area contributed by atoms with Crippen LogP contribution in [0.15, 0.2) is 0 Å². The van der Waals surface area contributed by atoms with Gasteiger partial charge in [-0.15, -0.1) is 0 Å². The topological polar surface area (TPSA) is 39.7 Å². The van der Waals surface area contributed by atoms with Crippen molar-refractivity contribution in [1.82, 2.24) is 5.32 Å². The zero-order valence-corrected chi connectivity index (χ0v) is 15.7. The van der Waals surface area contributed by atoms with Gasteiger partial charge in [0.05, 0.1) is 0 Å². The molecule has 1 aliphatic heterocycles. The summed E-state index contributed by atoms with van der Waals surface area (Å²) in [5.74, 6) is 0.567. The minimum Gasteiger partial charge on any atom is -0.396 e. The normalized spacial score (nSPS) is 26.7. The number of unbranched alkanes of at least 4 members (excludes halogenated alkanes) is 1. The minimum absolute atomic E-state index is 0.194. The summed E-state index contributed by atoms with van der Waals surface area (Å²) in [7, 11) is 3.17. The van der Waals surface area contributed by atoms with Gasteiger partial charge in [-0.25, -0.2) is 0 Å². The lowest BCUT2D eigenvalue weighted by atomic mass is 9.98. The zero-order chi connectivity index (χ0) is 15.8. The first-order valence-electron chi connectivity index (χ1n) is 8.46. The van der Waals surface area contributed by atoms with Gasteiger partial charge in [-0.3, -0.25) is 0 Å². The predicted octanol–water partition coefficient (Wildman–Crippen LogP) is 3.25. The molecule has 1 fully saturated rings. The largest absolute Gasteiger partial charge is 0.396 e. The Hall–Kier alpha value is 0.0569. The monoisotopic (exact) mass is 317 g/mol. The van der Waals surface area contributed by atoms with Crippen molar-refractivity contribution in [2.24, 2.45) is 5.92 Å². The molecule has 0 saturated carbocycles. The van der Waals surface area contributed by atoms with Gasteiger partial charge in [0.2, 0.25) is 0 Å². The van der Waals surface area contributed by atoms with Crippen molar-refractivity contribution in [2.45, 2.75) is 63.6 Å². The van der Waals surface area contributed by atoms with Crippen LogP contribution in [0.1, 0.15) is 52.4 Å². The number of nitrogens with one attached hydrogen (secondary N) is 1. The van der Waals surface area contributed by atoms with Crippen molar-refractivity contribution in [1.29, 1.82) is 0 Å². The van der Waals surface area contributed by atoms with E-state index in [2.05, 4.69) is 19.2 Å². The molecule has 21 heavy (non-hydrogen) atoms. The van der Waals surface area contributed by atoms with Crippen molar-refractivity contribution in [3.63, 3.8) is 0 Å². The second-order valence-electron chi connectivity index (χ2n) is 6.43. The molecule has 1 heterocycles. The van der Waals surface area contributed by atoms with Crippen molar-refractivity contribution < 1.29 is 13.6 Å². The molecule has 126 valence electrons. The number of ether oxygens (including phenoxy) is 1. The van der Waals surface area contributed by atoms with Gasteiger partial charge >= 0.3 is 8.56 Å². The molecule has 1 aliphatic rings. The first kappa shape index (κ1) is 19.1. The Morgan fingerprint density at radius 1 is 1.19 bits per heavy atom. The third kappa shape index (κ3) is 4.52. The van der Waals surface area contributed by atoms with E-state index in [1.807, 2.05) is 7.11 Å². The summed E-state index contributed by atoms with van der Waals surface area (Å²) in [6, 6.07) is 1.05. The summed E-state index contributed by atoms with van der Waals surface area (Å²) in [5, 5.41) is 3.36. The average molecular weight is 318 g/mol. The third-order valence-corrected chi connectivity index (χ3v) is 9.34. The molecule has 0 amide bonds. The molecule has 4 nitrogen and oxygen atoms in total. The van der Waals surface area contributed by atoms with E-state index in [1.54, 1.807) is 14.2 Å². The summed E-state index contributed by atoms with van der Waals surface area (Å²) < 4.78 is 18.0. The lowest BCUT2D eigenvalue weighted by Gasteiger charge is -2.49. The van der Waals surface area contributed by atoms with Crippen LogP contribution in [0.5, 0.6) is 0 Å². The molecule has 2 atom stereocenters. The van der Waals surface area contributed by atoms with Gasteiger partial charge < -0.3 is 18.9 Å². The summed E-state index contributed by atoms with van der Waals surface area (Å²) in [6.07, 6.45) is 6.99. The fourth-order valence-corrected chi connectivity index (χ4v) is 7.75. The molecule has 0 bridgehead atoms. The van der Waals surface area contributed by atoms with Crippen LogP contribution in [0.25, 0.3) is 0 Å². The highest BCUT2D eigenvalue weighted by molar-refractivity contribution is 6.70. The summed E-state index contributed by atoms with van der Waals surface area (Å²) in [6.45, 7) is 6.68. The molecular weight excluding hydrogens is 282 g/mol. The molecule has 0 aromatic heterocycles. The Labute approximate surface area is 132 Å². The SMILES string of the molecule is CCCCNCC(C)CC1(OC)CCCC[Si]1(OC)OC. The highest BCUT2D eigenvalue weighted by Crippen LogP contribution is 2.43. The Balaban J connectivity index is 2.68. The maximum absolute atomic E-state index is 6.06. The number of hydrogen-bond acceptors (Lipinski definition) is 4. The molecule has 0 aromatic rings. The molecule has 0 spiro atoms. The lowest BCUT2D eigenvalue weighted by molar-refractivity contribution is -0.0234. The van der Waals surface area contributed by atoms with Gasteiger partial charge in [0.1, 0.15) is 5.22 Å². The van der Waals surface area contributed by atoms with E-state index >= 15 is 0 Å². The lowest BCUT2D eigenvalue weighted by Crippen LogP contribution is -2.65. The second-order valence-corrected chi connectivity index (χ2v) is 10.2. The zero-order valence-electron chi connectivity index (χ0n) is 14.7. The molecule has 0 aliphatic carbocycles. The van der Waals surface area contributed by atoms with Gasteiger partial charge in [-0.1, -0.05) is 33.1 Å². The quantitative estimate of drug-likeness (QED) is 0.496. The average Bonchev–Trinajstić information content (AvgIpc) is 2.52. The summed E-state index contributed by atoms with van der Waals surface area (Å²) in [4.78, 5) is 0. The van der Waals surface area contributed by atoms with Crippen LogP contribution in [0.2, 0.25) is 6.04 Å². The fourth-order valence-electron chi connectivity index (χ4n) is 3.73. The van der Waals surface area contributed by atoms with Crippen molar-refractivity contribution in [3.05, 3.63) is 0 Å². The Kier molecular flexibility index (Phi) is 8.42. The molecule has 1 rings (SSSR count). The molecular formula is C16H35NO3Si. The summed E-state index contributed by atoms with van der Waals surface area (Å²) >= 11 is 0. The highest BCUT2D eigenvalue weighted by atomic mass is 28.4. The Bertz CT molecular complexity index is 287. The van der Waals surface area contributed by atoms with Crippen molar-refractivity contribution >= 4 is 8.56 Å². The predicted molar refractivity (Wildman–Crippen MR) is 89.7 cm³/mol. The van der Waals surface area contributed by atoms with Crippen molar-refractivity contribution in [2.75, 3.05) is 34.4 Å². The van der Waals surface area contributed by atoms with Crippen LogP contribution in [-0.4, -0.2) is 48.2 Å². The van der Waals surface area contributed by atoms with Gasteiger partial charge in [-0.2, -0.15) is 0 Å². The molecule has 2 unspecified atom stereocenters. The number of hydrogen-bond donors (Lipinski definition) is 1. The van der Waals surface area contributed by atoms with Gasteiger partial charge in [0, 0.05) is 21.3 Å². The first-order valence-corrected chi connectivity index (χ1v) is 10.5. The smallest absolute Gasteiger partial charge is 0.370 e. The summed E-state index contributed by atoms with van der Waals surface area (Å²) in [5.41, 5.74) is 0. The standard InChI is InChI=1S/C16H35NO3Si/c1-6-7-11-17-14-15(2)13-16(18-3)10-8-9-12-21(16,19-4)20-5/h15,17H,6-14H2,1-5H3. The van der Waals surface area contributed by atoms with E-state index < -0.39 is 8.56 Å². The van der Waals surface area contributed by atoms with Crippen LogP contribution in [0, 0.1) is 5.92 Å². The number of methoxy groups -OCH3 is 1. The van der Waals surface area contributed by atoms with Crippen LogP contribution >= 0.6 is 0 Å². The van der Waals surface area contributed by atoms with E-state index in [-0.39, 0.29) is 5.22 Å². The van der Waals surface area contributed by atoms with E-state index in [0.717, 1.165) is 32.0 Å². The van der Waals surface area contributed by atoms with Crippen LogP contribution < -0.4 is 5.32 Å². The third-order valence-electron chi connectivity index (χ3n) is 4.96. The van der Waals surface area contributed by atoms with Gasteiger partial charge in [-0.05, 0) is 44.3 Å². The van der Waals surface area contributed by atoms with Crippen molar-refractivity contribution in [3.8, 4) is 0 Å². The maximum atomic E-state index is 6.06. The van der Waals surface area contributed by atoms with Gasteiger partial charge in [0.15, 0.2) is 0 Å². The van der Waals surface area contributed by atoms with E-state index in [4.69, 9.17) is 13.6 Å². The molecule has 0 radical (unpaired) electrons. The molecule has 1 N–H and O–H groups in total. The molecule has 1 saturated heterocycles. The van der Waals surface area contributed by atoms with E-state index in [0.29, 0.717) is 5.92 Å². The molecule has 0 aromatic carbocycles. The second kappa shape index (κ2) is 9.25. The molecule has 5 heteroatoms. The van der Waals surface area contributed by atoms with E-state index in [1.165, 1.54) is 25.7 Å². The Morgan fingerprint density at radius 2 is 1.90 bits per heavy atom.